The number of carbonyl (C=O) groups excluding carboxylic acids is 1. The lowest BCUT2D eigenvalue weighted by atomic mass is 9.86. The summed E-state index contributed by atoms with van der Waals surface area (Å²) in [5, 5.41) is 11.4. The van der Waals surface area contributed by atoms with Gasteiger partial charge in [0.05, 0.1) is 6.61 Å². The van der Waals surface area contributed by atoms with Crippen molar-refractivity contribution in [2.75, 3.05) is 39.8 Å². The predicted molar refractivity (Wildman–Crippen MR) is 115 cm³/mol. The first-order chi connectivity index (χ1) is 14.0. The summed E-state index contributed by atoms with van der Waals surface area (Å²) in [7, 11) is 2.17. The lowest BCUT2D eigenvalue weighted by Crippen LogP contribution is -2.39. The molecule has 5 heteroatoms. The van der Waals surface area contributed by atoms with E-state index in [0.29, 0.717) is 23.8 Å². The van der Waals surface area contributed by atoms with Crippen molar-refractivity contribution in [3.05, 3.63) is 71.8 Å². The number of carbonyl (C=O) groups is 1. The van der Waals surface area contributed by atoms with Gasteiger partial charge in [0.25, 0.3) is 0 Å². The molecule has 0 spiro atoms. The Kier molecular flexibility index (Phi) is 7.42. The molecule has 1 atom stereocenters. The Labute approximate surface area is 173 Å². The number of ether oxygens (including phenoxy) is 1. The highest BCUT2D eigenvalue weighted by Gasteiger charge is 2.41. The molecule has 0 aromatic heterocycles. The third-order valence-corrected chi connectivity index (χ3v) is 5.91. The smallest absolute Gasteiger partial charge is 0.347 e. The van der Waals surface area contributed by atoms with Crippen molar-refractivity contribution in [2.24, 2.45) is 0 Å². The van der Waals surface area contributed by atoms with Crippen LogP contribution in [0.1, 0.15) is 30.9 Å². The molecular weight excluding hydrogens is 364 g/mol. The van der Waals surface area contributed by atoms with Crippen LogP contribution in [-0.2, 0) is 15.1 Å². The summed E-state index contributed by atoms with van der Waals surface area (Å²) in [6, 6.07) is 18.6. The van der Waals surface area contributed by atoms with E-state index in [2.05, 4.69) is 23.8 Å². The van der Waals surface area contributed by atoms with E-state index < -0.39 is 11.6 Å². The van der Waals surface area contributed by atoms with Crippen LogP contribution in [0, 0.1) is 0 Å². The molecule has 1 aliphatic heterocycles. The fraction of sp³-hybridized carbons (Fsp3) is 0.458. The molecule has 0 amide bonds. The third-order valence-electron chi connectivity index (χ3n) is 5.91. The Morgan fingerprint density at radius 1 is 1.03 bits per heavy atom. The molecule has 2 aromatic rings. The molecule has 0 radical (unpaired) electrons. The molecule has 1 heterocycles. The number of hydrogen-bond acceptors (Lipinski definition) is 5. The van der Waals surface area contributed by atoms with Crippen LogP contribution in [-0.4, -0.2) is 66.8 Å². The van der Waals surface area contributed by atoms with Crippen LogP contribution in [0.15, 0.2) is 60.7 Å². The Balaban J connectivity index is 1.60. The molecule has 1 fully saturated rings. The van der Waals surface area contributed by atoms with Gasteiger partial charge in [-0.15, -0.1) is 0 Å². The topological polar surface area (TPSA) is 53.0 Å². The van der Waals surface area contributed by atoms with Gasteiger partial charge in [-0.3, -0.25) is 0 Å². The van der Waals surface area contributed by atoms with Crippen LogP contribution in [0.3, 0.4) is 0 Å². The third kappa shape index (κ3) is 5.24. The monoisotopic (exact) mass is 396 g/mol. The number of esters is 1. The van der Waals surface area contributed by atoms with E-state index in [0.717, 1.165) is 39.0 Å². The van der Waals surface area contributed by atoms with Crippen LogP contribution in [0.25, 0.3) is 0 Å². The highest BCUT2D eigenvalue weighted by atomic mass is 16.5. The van der Waals surface area contributed by atoms with Gasteiger partial charge in [0.2, 0.25) is 5.60 Å². The van der Waals surface area contributed by atoms with Crippen molar-refractivity contribution in [2.45, 2.75) is 31.4 Å². The molecule has 156 valence electrons. The Morgan fingerprint density at radius 3 is 2.21 bits per heavy atom. The number of nitrogens with zero attached hydrogens (tertiary/aromatic N) is 2. The first-order valence-corrected chi connectivity index (χ1v) is 10.4. The van der Waals surface area contributed by atoms with Crippen LogP contribution in [0.4, 0.5) is 0 Å². The second-order valence-electron chi connectivity index (χ2n) is 7.89. The molecule has 0 bridgehead atoms. The van der Waals surface area contributed by atoms with E-state index in [1.54, 1.807) is 24.3 Å². The molecule has 1 N–H and O–H groups in total. The van der Waals surface area contributed by atoms with Crippen molar-refractivity contribution >= 4 is 5.97 Å². The van der Waals surface area contributed by atoms with Gasteiger partial charge in [-0.2, -0.15) is 0 Å². The van der Waals surface area contributed by atoms with Crippen molar-refractivity contribution in [1.29, 1.82) is 0 Å². The highest BCUT2D eigenvalue weighted by molar-refractivity contribution is 5.85. The highest BCUT2D eigenvalue weighted by Crippen LogP contribution is 2.31. The fourth-order valence-electron chi connectivity index (χ4n) is 3.76. The van der Waals surface area contributed by atoms with Crippen molar-refractivity contribution in [1.82, 2.24) is 9.80 Å². The van der Waals surface area contributed by atoms with Gasteiger partial charge in [-0.1, -0.05) is 60.7 Å². The fourth-order valence-corrected chi connectivity index (χ4v) is 3.76. The molecule has 0 saturated carbocycles. The Morgan fingerprint density at radius 2 is 1.62 bits per heavy atom. The standard InChI is InChI=1S/C24H32N2O3/c1-20-14-16-26(18-17-25(20)2)15-9-19-29-23(27)24(28,21-10-5-3-6-11-21)22-12-7-4-8-13-22/h3-8,10-13,20,28H,9,14-19H2,1-2H3/t20-/m1/s1. The molecule has 5 nitrogen and oxygen atoms in total. The van der Waals surface area contributed by atoms with Gasteiger partial charge in [0.1, 0.15) is 0 Å². The first-order valence-electron chi connectivity index (χ1n) is 10.4. The van der Waals surface area contributed by atoms with Gasteiger partial charge in [0.15, 0.2) is 0 Å². The molecule has 1 aliphatic rings. The molecule has 0 unspecified atom stereocenters. The molecule has 0 aliphatic carbocycles. The maximum absolute atomic E-state index is 13.0. The second-order valence-corrected chi connectivity index (χ2v) is 7.89. The minimum Gasteiger partial charge on any atom is -0.463 e. The van der Waals surface area contributed by atoms with Crippen LogP contribution < -0.4 is 0 Å². The van der Waals surface area contributed by atoms with Crippen molar-refractivity contribution in [3.8, 4) is 0 Å². The van der Waals surface area contributed by atoms with Crippen molar-refractivity contribution < 1.29 is 14.6 Å². The number of benzene rings is 2. The average molecular weight is 397 g/mol. The van der Waals surface area contributed by atoms with Gasteiger partial charge in [0, 0.05) is 25.7 Å². The van der Waals surface area contributed by atoms with Crippen LogP contribution in [0.5, 0.6) is 0 Å². The SMILES string of the molecule is C[C@@H]1CCN(CCCOC(=O)C(O)(c2ccccc2)c2ccccc2)CCN1C. The van der Waals surface area contributed by atoms with Crippen LogP contribution >= 0.6 is 0 Å². The van der Waals surface area contributed by atoms with Gasteiger partial charge in [-0.05, 0) is 44.5 Å². The first kappa shape index (κ1) is 21.5. The van der Waals surface area contributed by atoms with E-state index in [1.165, 1.54) is 0 Å². The minimum absolute atomic E-state index is 0.294. The van der Waals surface area contributed by atoms with Crippen molar-refractivity contribution in [3.63, 3.8) is 0 Å². The molecule has 1 saturated heterocycles. The van der Waals surface area contributed by atoms with E-state index in [1.807, 2.05) is 36.4 Å². The molecule has 29 heavy (non-hydrogen) atoms. The van der Waals surface area contributed by atoms with Crippen LogP contribution in [0.2, 0.25) is 0 Å². The Bertz CT molecular complexity index is 715. The van der Waals surface area contributed by atoms with Gasteiger partial charge < -0.3 is 19.6 Å². The number of rotatable bonds is 7. The summed E-state index contributed by atoms with van der Waals surface area (Å²) >= 11 is 0. The maximum atomic E-state index is 13.0. The summed E-state index contributed by atoms with van der Waals surface area (Å²) in [5.41, 5.74) is -0.773. The summed E-state index contributed by atoms with van der Waals surface area (Å²) in [6.07, 6.45) is 1.90. The zero-order chi connectivity index (χ0) is 20.7. The summed E-state index contributed by atoms with van der Waals surface area (Å²) in [6.45, 7) is 6.61. The van der Waals surface area contributed by atoms with E-state index in [4.69, 9.17) is 4.74 Å². The zero-order valence-electron chi connectivity index (χ0n) is 17.5. The lowest BCUT2D eigenvalue weighted by Gasteiger charge is -2.27. The number of likely N-dealkylation sites (N-methyl/N-ethyl adjacent to an activating group) is 1. The molecule has 3 rings (SSSR count). The minimum atomic E-state index is -1.80. The average Bonchev–Trinajstić information content (AvgIpc) is 2.93. The lowest BCUT2D eigenvalue weighted by molar-refractivity contribution is -0.162. The molecular formula is C24H32N2O3. The van der Waals surface area contributed by atoms with E-state index in [9.17, 15) is 9.90 Å². The van der Waals surface area contributed by atoms with E-state index >= 15 is 0 Å². The van der Waals surface area contributed by atoms with Gasteiger partial charge >= 0.3 is 5.97 Å². The molecule has 2 aromatic carbocycles. The quantitative estimate of drug-likeness (QED) is 0.576. The van der Waals surface area contributed by atoms with E-state index in [-0.39, 0.29) is 0 Å². The second kappa shape index (κ2) is 10.0. The zero-order valence-corrected chi connectivity index (χ0v) is 17.5. The Hall–Kier alpha value is -2.21. The van der Waals surface area contributed by atoms with Gasteiger partial charge in [-0.25, -0.2) is 4.79 Å². The number of aliphatic hydroxyl groups is 1. The normalized spacial score (nSPS) is 18.9. The maximum Gasteiger partial charge on any atom is 0.347 e. The number of hydrogen-bond donors (Lipinski definition) is 1. The predicted octanol–water partition coefficient (Wildman–Crippen LogP) is 2.88. The summed E-state index contributed by atoms with van der Waals surface area (Å²) < 4.78 is 5.55. The summed E-state index contributed by atoms with van der Waals surface area (Å²) in [4.78, 5) is 17.8. The largest absolute Gasteiger partial charge is 0.463 e. The summed E-state index contributed by atoms with van der Waals surface area (Å²) in [5.74, 6) is -0.626.